The molecule has 1 unspecified atom stereocenters. The van der Waals surface area contributed by atoms with Crippen molar-refractivity contribution in [2.75, 3.05) is 6.61 Å². The summed E-state index contributed by atoms with van der Waals surface area (Å²) in [6.45, 7) is 4.41. The smallest absolute Gasteiger partial charge is 0.494 e. The van der Waals surface area contributed by atoms with Crippen molar-refractivity contribution in [3.05, 3.63) is 52.3 Å². The molecule has 0 saturated carbocycles. The molecule has 2 aromatic carbocycles. The molecule has 4 nitrogen and oxygen atoms in total. The van der Waals surface area contributed by atoms with Crippen LogP contribution in [0, 0.1) is 0 Å². The van der Waals surface area contributed by atoms with Crippen molar-refractivity contribution in [2.24, 2.45) is 0 Å². The summed E-state index contributed by atoms with van der Waals surface area (Å²) in [5.74, 6) is 1.04. The van der Waals surface area contributed by atoms with Crippen molar-refractivity contribution >= 4 is 27.0 Å². The number of aromatic nitrogens is 2. The van der Waals surface area contributed by atoms with E-state index in [-0.39, 0.29) is 16.1 Å². The lowest BCUT2D eigenvalue weighted by Gasteiger charge is -2.14. The van der Waals surface area contributed by atoms with E-state index in [1.165, 1.54) is 6.07 Å². The Labute approximate surface area is 156 Å². The molecule has 0 fully saturated rings. The fourth-order valence-corrected chi connectivity index (χ4v) is 3.10. The first kappa shape index (κ1) is 18.6. The van der Waals surface area contributed by atoms with Crippen LogP contribution in [0.4, 0.5) is 13.2 Å². The Kier molecular flexibility index (Phi) is 5.13. The maximum atomic E-state index is 12.4. The number of alkyl halides is 3. The minimum Gasteiger partial charge on any atom is -0.494 e. The second kappa shape index (κ2) is 7.19. The van der Waals surface area contributed by atoms with Gasteiger partial charge in [0.05, 0.1) is 22.1 Å². The minimum absolute atomic E-state index is 0.144. The van der Waals surface area contributed by atoms with Gasteiger partial charge < -0.3 is 14.5 Å². The number of hydrogen-bond acceptors (Lipinski definition) is 3. The third-order valence-electron chi connectivity index (χ3n) is 3.87. The normalized spacial score (nSPS) is 13.0. The van der Waals surface area contributed by atoms with Gasteiger partial charge in [-0.1, -0.05) is 13.0 Å². The summed E-state index contributed by atoms with van der Waals surface area (Å²) in [6, 6.07) is 10.1. The Balaban J connectivity index is 1.87. The standard InChI is InChI=1S/C18H16BrF3N2O2/c1-3-25-12-5-6-14-15(9-12)24-17(23-14)10(2)11-4-7-16(13(19)8-11)26-18(20,21)22/h4-10H,3H2,1-2H3,(H,23,24). The van der Waals surface area contributed by atoms with Gasteiger partial charge in [-0.25, -0.2) is 4.98 Å². The predicted octanol–water partition coefficient (Wildman–Crippen LogP) is 5.77. The zero-order chi connectivity index (χ0) is 18.9. The van der Waals surface area contributed by atoms with Crippen LogP contribution in [0.1, 0.15) is 31.2 Å². The van der Waals surface area contributed by atoms with E-state index in [0.717, 1.165) is 22.3 Å². The first-order valence-corrected chi connectivity index (χ1v) is 8.74. The van der Waals surface area contributed by atoms with Gasteiger partial charge in [-0.3, -0.25) is 0 Å². The Hall–Kier alpha value is -2.22. The van der Waals surface area contributed by atoms with E-state index in [1.54, 1.807) is 12.1 Å². The zero-order valence-electron chi connectivity index (χ0n) is 14.0. The van der Waals surface area contributed by atoms with E-state index in [1.807, 2.05) is 32.0 Å². The lowest BCUT2D eigenvalue weighted by Crippen LogP contribution is -2.17. The van der Waals surface area contributed by atoms with Gasteiger partial charge in [-0.2, -0.15) is 0 Å². The Bertz CT molecular complexity index is 924. The zero-order valence-corrected chi connectivity index (χ0v) is 15.6. The fraction of sp³-hybridized carbons (Fsp3) is 0.278. The number of H-pyrrole nitrogens is 1. The number of benzene rings is 2. The molecular weight excluding hydrogens is 413 g/mol. The number of imidazole rings is 1. The van der Waals surface area contributed by atoms with Crippen LogP contribution in [-0.4, -0.2) is 22.9 Å². The number of hydrogen-bond donors (Lipinski definition) is 1. The van der Waals surface area contributed by atoms with Crippen LogP contribution in [0.2, 0.25) is 0 Å². The first-order chi connectivity index (χ1) is 12.3. The van der Waals surface area contributed by atoms with Crippen molar-refractivity contribution in [3.63, 3.8) is 0 Å². The average molecular weight is 429 g/mol. The van der Waals surface area contributed by atoms with Gasteiger partial charge in [-0.05, 0) is 52.7 Å². The van der Waals surface area contributed by atoms with Crippen molar-refractivity contribution in [1.29, 1.82) is 0 Å². The molecule has 1 heterocycles. The summed E-state index contributed by atoms with van der Waals surface area (Å²) in [5, 5.41) is 0. The molecule has 8 heteroatoms. The summed E-state index contributed by atoms with van der Waals surface area (Å²) in [4.78, 5) is 7.81. The van der Waals surface area contributed by atoms with Crippen LogP contribution >= 0.6 is 15.9 Å². The van der Waals surface area contributed by atoms with Crippen LogP contribution in [-0.2, 0) is 0 Å². The van der Waals surface area contributed by atoms with E-state index in [4.69, 9.17) is 4.74 Å². The molecule has 0 amide bonds. The molecule has 3 rings (SSSR count). The maximum Gasteiger partial charge on any atom is 0.573 e. The van der Waals surface area contributed by atoms with E-state index in [0.29, 0.717) is 12.4 Å². The van der Waals surface area contributed by atoms with Gasteiger partial charge in [0, 0.05) is 12.0 Å². The second-order valence-electron chi connectivity index (χ2n) is 5.69. The van der Waals surface area contributed by atoms with Crippen LogP contribution in [0.15, 0.2) is 40.9 Å². The third-order valence-corrected chi connectivity index (χ3v) is 4.49. The summed E-state index contributed by atoms with van der Waals surface area (Å²) >= 11 is 3.13. The molecule has 26 heavy (non-hydrogen) atoms. The van der Waals surface area contributed by atoms with E-state index in [9.17, 15) is 13.2 Å². The number of fused-ring (bicyclic) bond motifs is 1. The number of nitrogens with zero attached hydrogens (tertiary/aromatic N) is 1. The topological polar surface area (TPSA) is 47.1 Å². The summed E-state index contributed by atoms with van der Waals surface area (Å²) in [6.07, 6.45) is -4.73. The fourth-order valence-electron chi connectivity index (χ4n) is 2.62. The van der Waals surface area contributed by atoms with Gasteiger partial charge in [-0.15, -0.1) is 13.2 Å². The third kappa shape index (κ3) is 4.12. The summed E-state index contributed by atoms with van der Waals surface area (Å²) in [5.41, 5.74) is 2.44. The second-order valence-corrected chi connectivity index (χ2v) is 6.55. The van der Waals surface area contributed by atoms with Gasteiger partial charge >= 0.3 is 6.36 Å². The minimum atomic E-state index is -4.73. The number of aromatic amines is 1. The summed E-state index contributed by atoms with van der Waals surface area (Å²) in [7, 11) is 0. The van der Waals surface area contributed by atoms with Crippen molar-refractivity contribution in [1.82, 2.24) is 9.97 Å². The average Bonchev–Trinajstić information content (AvgIpc) is 2.98. The molecule has 0 radical (unpaired) electrons. The van der Waals surface area contributed by atoms with Gasteiger partial charge in [0.15, 0.2) is 0 Å². The highest BCUT2D eigenvalue weighted by atomic mass is 79.9. The number of nitrogens with one attached hydrogen (secondary N) is 1. The quantitative estimate of drug-likeness (QED) is 0.560. The molecule has 0 saturated heterocycles. The summed E-state index contributed by atoms with van der Waals surface area (Å²) < 4.78 is 46.8. The molecule has 138 valence electrons. The Morgan fingerprint density at radius 3 is 2.62 bits per heavy atom. The molecule has 1 atom stereocenters. The monoisotopic (exact) mass is 428 g/mol. The Morgan fingerprint density at radius 1 is 1.19 bits per heavy atom. The molecule has 0 spiro atoms. The number of ether oxygens (including phenoxy) is 2. The lowest BCUT2D eigenvalue weighted by atomic mass is 10.0. The predicted molar refractivity (Wildman–Crippen MR) is 95.6 cm³/mol. The number of halogens is 4. The van der Waals surface area contributed by atoms with Crippen LogP contribution in [0.5, 0.6) is 11.5 Å². The van der Waals surface area contributed by atoms with Crippen LogP contribution in [0.3, 0.4) is 0 Å². The molecule has 1 aromatic heterocycles. The Morgan fingerprint density at radius 2 is 1.96 bits per heavy atom. The SMILES string of the molecule is CCOc1ccc2nc(C(C)c3ccc(OC(F)(F)F)c(Br)c3)[nH]c2c1. The van der Waals surface area contributed by atoms with E-state index < -0.39 is 6.36 Å². The highest BCUT2D eigenvalue weighted by Crippen LogP contribution is 2.34. The lowest BCUT2D eigenvalue weighted by molar-refractivity contribution is -0.274. The largest absolute Gasteiger partial charge is 0.573 e. The van der Waals surface area contributed by atoms with Crippen molar-refractivity contribution in [2.45, 2.75) is 26.1 Å². The van der Waals surface area contributed by atoms with Crippen molar-refractivity contribution in [3.8, 4) is 11.5 Å². The molecule has 1 N–H and O–H groups in total. The van der Waals surface area contributed by atoms with Gasteiger partial charge in [0.25, 0.3) is 0 Å². The molecule has 0 bridgehead atoms. The molecule has 0 aliphatic rings. The molecule has 3 aromatic rings. The van der Waals surface area contributed by atoms with Gasteiger partial charge in [0.2, 0.25) is 0 Å². The molecule has 0 aliphatic heterocycles. The molecule has 0 aliphatic carbocycles. The number of rotatable bonds is 5. The highest BCUT2D eigenvalue weighted by molar-refractivity contribution is 9.10. The van der Waals surface area contributed by atoms with E-state index >= 15 is 0 Å². The maximum absolute atomic E-state index is 12.4. The first-order valence-electron chi connectivity index (χ1n) is 7.94. The van der Waals surface area contributed by atoms with Crippen molar-refractivity contribution < 1.29 is 22.6 Å². The highest BCUT2D eigenvalue weighted by Gasteiger charge is 2.32. The van der Waals surface area contributed by atoms with Crippen LogP contribution in [0.25, 0.3) is 11.0 Å². The van der Waals surface area contributed by atoms with E-state index in [2.05, 4.69) is 30.6 Å². The van der Waals surface area contributed by atoms with Crippen LogP contribution < -0.4 is 9.47 Å². The molecular formula is C18H16BrF3N2O2. The van der Waals surface area contributed by atoms with Gasteiger partial charge in [0.1, 0.15) is 17.3 Å².